The number of carbonyl (C=O) groups excluding carboxylic acids is 2. The van der Waals surface area contributed by atoms with Crippen LogP contribution in [0.25, 0.3) is 16.7 Å². The van der Waals surface area contributed by atoms with Gasteiger partial charge in [-0.1, -0.05) is 12.1 Å². The van der Waals surface area contributed by atoms with Crippen molar-refractivity contribution in [1.82, 2.24) is 29.7 Å². The molecular weight excluding hydrogens is 661 g/mol. The largest absolute Gasteiger partial charge is 0.444 e. The van der Waals surface area contributed by atoms with Crippen LogP contribution in [0.5, 0.6) is 0 Å². The van der Waals surface area contributed by atoms with Gasteiger partial charge < -0.3 is 30.0 Å². The Labute approximate surface area is 264 Å². The third kappa shape index (κ3) is 7.66. The molecule has 3 N–H and O–H groups in total. The number of halogens is 1. The fourth-order valence-electron chi connectivity index (χ4n) is 5.28. The Morgan fingerprint density at radius 1 is 1.09 bits per heavy atom. The summed E-state index contributed by atoms with van der Waals surface area (Å²) in [6, 6.07) is 10.2. The first-order valence-corrected chi connectivity index (χ1v) is 15.5. The SMILES string of the molecule is COCn1c(I)cc2c(N[C@H]3CC[C@H](NC(=O)OC(C)(C)C)CC3)c(C(=O)NCc3ccc(-n4ccnc4)cc3)cnc21. The van der Waals surface area contributed by atoms with E-state index in [0.29, 0.717) is 18.8 Å². The summed E-state index contributed by atoms with van der Waals surface area (Å²) in [5.74, 6) is -0.203. The molecule has 3 heterocycles. The Hall–Kier alpha value is -3.65. The van der Waals surface area contributed by atoms with Gasteiger partial charge in [-0.05, 0) is 92.8 Å². The average Bonchev–Trinajstić information content (AvgIpc) is 3.61. The fourth-order valence-corrected chi connectivity index (χ4v) is 5.96. The first-order chi connectivity index (χ1) is 20.6. The third-order valence-corrected chi connectivity index (χ3v) is 8.26. The lowest BCUT2D eigenvalue weighted by Crippen LogP contribution is -2.42. The van der Waals surface area contributed by atoms with E-state index >= 15 is 0 Å². The monoisotopic (exact) mass is 699 g/mol. The van der Waals surface area contributed by atoms with Crippen molar-refractivity contribution in [3.05, 3.63) is 70.1 Å². The molecule has 0 atom stereocenters. The van der Waals surface area contributed by atoms with Gasteiger partial charge in [-0.15, -0.1) is 0 Å². The number of anilines is 1. The third-order valence-electron chi connectivity index (χ3n) is 7.36. The minimum atomic E-state index is -0.534. The van der Waals surface area contributed by atoms with Crippen LogP contribution in [0.15, 0.2) is 55.2 Å². The molecule has 12 heteroatoms. The smallest absolute Gasteiger partial charge is 0.407 e. The van der Waals surface area contributed by atoms with E-state index in [9.17, 15) is 9.59 Å². The Morgan fingerprint density at radius 2 is 1.81 bits per heavy atom. The average molecular weight is 700 g/mol. The predicted octanol–water partition coefficient (Wildman–Crippen LogP) is 5.61. The van der Waals surface area contributed by atoms with Crippen LogP contribution in [0.2, 0.25) is 0 Å². The minimum Gasteiger partial charge on any atom is -0.444 e. The lowest BCUT2D eigenvalue weighted by Gasteiger charge is -2.31. The Morgan fingerprint density at radius 3 is 2.47 bits per heavy atom. The van der Waals surface area contributed by atoms with E-state index in [0.717, 1.165) is 57.4 Å². The summed E-state index contributed by atoms with van der Waals surface area (Å²) in [7, 11) is 1.65. The second-order valence-corrected chi connectivity index (χ2v) is 12.9. The maximum Gasteiger partial charge on any atom is 0.407 e. The van der Waals surface area contributed by atoms with Crippen molar-refractivity contribution in [2.24, 2.45) is 0 Å². The molecule has 0 unspecified atom stereocenters. The summed E-state index contributed by atoms with van der Waals surface area (Å²) in [6.45, 7) is 6.31. The summed E-state index contributed by atoms with van der Waals surface area (Å²) in [6.07, 6.45) is 9.92. The molecule has 5 rings (SSSR count). The molecule has 11 nitrogen and oxygen atoms in total. The number of carbonyl (C=O) groups is 2. The number of ether oxygens (including phenoxy) is 2. The second kappa shape index (κ2) is 13.3. The van der Waals surface area contributed by atoms with Gasteiger partial charge >= 0.3 is 6.09 Å². The van der Waals surface area contributed by atoms with E-state index in [1.54, 1.807) is 25.8 Å². The van der Waals surface area contributed by atoms with E-state index in [-0.39, 0.29) is 24.1 Å². The van der Waals surface area contributed by atoms with Gasteiger partial charge in [0.25, 0.3) is 5.91 Å². The summed E-state index contributed by atoms with van der Waals surface area (Å²) in [5, 5.41) is 10.6. The number of aromatic nitrogens is 4. The molecule has 1 aliphatic rings. The highest BCUT2D eigenvalue weighted by atomic mass is 127. The van der Waals surface area contributed by atoms with Crippen molar-refractivity contribution in [3.63, 3.8) is 0 Å². The number of hydrogen-bond donors (Lipinski definition) is 3. The molecule has 1 aliphatic carbocycles. The van der Waals surface area contributed by atoms with Gasteiger partial charge in [-0.3, -0.25) is 9.36 Å². The summed E-state index contributed by atoms with van der Waals surface area (Å²) in [4.78, 5) is 34.6. The molecule has 0 saturated heterocycles. The molecule has 2 amide bonds. The fraction of sp³-hybridized carbons (Fsp3) is 0.419. The highest BCUT2D eigenvalue weighted by Crippen LogP contribution is 2.33. The molecule has 1 fully saturated rings. The first-order valence-electron chi connectivity index (χ1n) is 14.4. The van der Waals surface area contributed by atoms with Crippen LogP contribution in [0.1, 0.15) is 62.4 Å². The molecule has 1 aromatic carbocycles. The van der Waals surface area contributed by atoms with Crippen molar-refractivity contribution >= 4 is 51.3 Å². The Kier molecular flexibility index (Phi) is 9.55. The van der Waals surface area contributed by atoms with E-state index in [1.807, 2.05) is 66.4 Å². The molecule has 0 radical (unpaired) electrons. The quantitative estimate of drug-likeness (QED) is 0.194. The van der Waals surface area contributed by atoms with E-state index in [4.69, 9.17) is 9.47 Å². The number of imidazole rings is 1. The van der Waals surface area contributed by atoms with Gasteiger partial charge in [0.2, 0.25) is 0 Å². The number of pyridine rings is 1. The lowest BCUT2D eigenvalue weighted by atomic mass is 9.91. The van der Waals surface area contributed by atoms with Crippen LogP contribution in [0.3, 0.4) is 0 Å². The van der Waals surface area contributed by atoms with Crippen LogP contribution >= 0.6 is 22.6 Å². The van der Waals surface area contributed by atoms with Crippen LogP contribution in [0, 0.1) is 3.70 Å². The van der Waals surface area contributed by atoms with Crippen LogP contribution in [-0.2, 0) is 22.7 Å². The molecule has 3 aromatic heterocycles. The molecule has 43 heavy (non-hydrogen) atoms. The van der Waals surface area contributed by atoms with E-state index in [2.05, 4.69) is 48.5 Å². The second-order valence-electron chi connectivity index (χ2n) is 11.8. The maximum atomic E-state index is 13.6. The summed E-state index contributed by atoms with van der Waals surface area (Å²) in [5.41, 5.74) is 3.45. The first kappa shape index (κ1) is 30.8. The Bertz CT molecular complexity index is 1550. The molecule has 0 spiro atoms. The zero-order valence-corrected chi connectivity index (χ0v) is 27.1. The molecule has 0 bridgehead atoms. The predicted molar refractivity (Wildman–Crippen MR) is 173 cm³/mol. The number of alkyl carbamates (subject to hydrolysis) is 1. The van der Waals surface area contributed by atoms with Gasteiger partial charge in [-0.25, -0.2) is 14.8 Å². The molecule has 0 aliphatic heterocycles. The minimum absolute atomic E-state index is 0.0528. The van der Waals surface area contributed by atoms with Crippen molar-refractivity contribution in [2.45, 2.75) is 77.4 Å². The number of hydrogen-bond acceptors (Lipinski definition) is 7. The standard InChI is InChI=1S/C31H38IN7O4/c1-31(2,3)43-30(41)37-22-9-7-21(8-10-22)36-27-24-15-26(32)39(19-42-4)28(24)34-17-25(27)29(40)35-16-20-5-11-23(12-6-20)38-14-13-33-18-38/h5-6,11-15,17-18,21-22H,7-10,16,19H2,1-4H3,(H,34,36)(H,35,40)(H,37,41)/t21-,22-. The highest BCUT2D eigenvalue weighted by Gasteiger charge is 2.27. The number of fused-ring (bicyclic) bond motifs is 1. The van der Waals surface area contributed by atoms with Crippen molar-refractivity contribution in [1.29, 1.82) is 0 Å². The van der Waals surface area contributed by atoms with Crippen molar-refractivity contribution in [3.8, 4) is 5.69 Å². The number of methoxy groups -OCH3 is 1. The normalized spacial score (nSPS) is 17.0. The lowest BCUT2D eigenvalue weighted by molar-refractivity contribution is 0.0492. The molecule has 228 valence electrons. The highest BCUT2D eigenvalue weighted by molar-refractivity contribution is 14.1. The van der Waals surface area contributed by atoms with Crippen LogP contribution in [-0.4, -0.2) is 55.9 Å². The maximum absolute atomic E-state index is 13.6. The van der Waals surface area contributed by atoms with Crippen molar-refractivity contribution in [2.75, 3.05) is 12.4 Å². The topological polar surface area (TPSA) is 124 Å². The van der Waals surface area contributed by atoms with E-state index in [1.165, 1.54) is 0 Å². The van der Waals surface area contributed by atoms with Crippen LogP contribution < -0.4 is 16.0 Å². The summed E-state index contributed by atoms with van der Waals surface area (Å²) < 4.78 is 15.7. The number of benzene rings is 1. The number of nitrogens with one attached hydrogen (secondary N) is 3. The van der Waals surface area contributed by atoms with Gasteiger partial charge in [0.1, 0.15) is 18.0 Å². The molecule has 1 saturated carbocycles. The summed E-state index contributed by atoms with van der Waals surface area (Å²) >= 11 is 2.26. The van der Waals surface area contributed by atoms with Gasteiger partial charge in [0.15, 0.2) is 0 Å². The number of amides is 2. The Balaban J connectivity index is 1.31. The zero-order chi connectivity index (χ0) is 30.6. The number of nitrogens with zero attached hydrogens (tertiary/aromatic N) is 4. The van der Waals surface area contributed by atoms with Gasteiger partial charge in [0, 0.05) is 55.4 Å². The van der Waals surface area contributed by atoms with Crippen LogP contribution in [0.4, 0.5) is 10.5 Å². The molecular formula is C31H38IN7O4. The number of rotatable bonds is 9. The zero-order valence-electron chi connectivity index (χ0n) is 24.9. The van der Waals surface area contributed by atoms with E-state index < -0.39 is 5.60 Å². The van der Waals surface area contributed by atoms with Gasteiger partial charge in [-0.2, -0.15) is 0 Å². The van der Waals surface area contributed by atoms with Gasteiger partial charge in [0.05, 0.1) is 21.3 Å². The molecule has 4 aromatic rings. The van der Waals surface area contributed by atoms with Crippen molar-refractivity contribution < 1.29 is 19.1 Å².